The van der Waals surface area contributed by atoms with Gasteiger partial charge in [-0.25, -0.2) is 0 Å². The molecular weight excluding hydrogens is 186 g/mol. The first-order valence-corrected chi connectivity index (χ1v) is 5.48. The highest BCUT2D eigenvalue weighted by Gasteiger charge is 2.32. The van der Waals surface area contributed by atoms with Crippen LogP contribution in [0.1, 0.15) is 42.1 Å². The van der Waals surface area contributed by atoms with Crippen LogP contribution >= 0.6 is 0 Å². The van der Waals surface area contributed by atoms with E-state index in [9.17, 15) is 4.79 Å². The average molecular weight is 203 g/mol. The molecule has 1 aliphatic carbocycles. The van der Waals surface area contributed by atoms with Gasteiger partial charge in [0.2, 0.25) is 5.91 Å². The molecule has 1 aromatic rings. The van der Waals surface area contributed by atoms with Gasteiger partial charge in [-0.15, -0.1) is 0 Å². The van der Waals surface area contributed by atoms with E-state index in [-0.39, 0.29) is 5.91 Å². The molecule has 0 saturated heterocycles. The Kier molecular flexibility index (Phi) is 2.51. The van der Waals surface area contributed by atoms with Crippen LogP contribution in [0.5, 0.6) is 0 Å². The Bertz CT molecular complexity index is 380. The van der Waals surface area contributed by atoms with Crippen LogP contribution in [0.15, 0.2) is 24.3 Å². The van der Waals surface area contributed by atoms with Crippen molar-refractivity contribution in [3.8, 4) is 0 Å². The molecule has 1 aliphatic rings. The van der Waals surface area contributed by atoms with Gasteiger partial charge >= 0.3 is 0 Å². The normalized spacial score (nSPS) is 18.2. The van der Waals surface area contributed by atoms with Gasteiger partial charge in [-0.1, -0.05) is 31.5 Å². The predicted molar refractivity (Wildman–Crippen MR) is 60.6 cm³/mol. The third kappa shape index (κ3) is 2.04. The fourth-order valence-electron chi connectivity index (χ4n) is 2.33. The molecule has 2 heteroatoms. The highest BCUT2D eigenvalue weighted by molar-refractivity contribution is 5.94. The van der Waals surface area contributed by atoms with E-state index < -0.39 is 0 Å². The van der Waals surface area contributed by atoms with Gasteiger partial charge in [0.1, 0.15) is 0 Å². The van der Waals surface area contributed by atoms with Crippen molar-refractivity contribution in [2.75, 3.05) is 0 Å². The van der Waals surface area contributed by atoms with Crippen molar-refractivity contribution in [3.63, 3.8) is 0 Å². The van der Waals surface area contributed by atoms with Gasteiger partial charge in [0.15, 0.2) is 0 Å². The van der Waals surface area contributed by atoms with Gasteiger partial charge in [0.25, 0.3) is 0 Å². The first-order valence-electron chi connectivity index (χ1n) is 5.48. The number of primary amides is 1. The van der Waals surface area contributed by atoms with Crippen LogP contribution in [0.3, 0.4) is 0 Å². The topological polar surface area (TPSA) is 43.1 Å². The Balaban J connectivity index is 2.23. The lowest BCUT2D eigenvalue weighted by Crippen LogP contribution is -2.29. The number of amides is 1. The van der Waals surface area contributed by atoms with Gasteiger partial charge in [-0.05, 0) is 36.3 Å². The van der Waals surface area contributed by atoms with Crippen LogP contribution in [0, 0.1) is 5.41 Å². The minimum Gasteiger partial charge on any atom is -0.366 e. The quantitative estimate of drug-likeness (QED) is 0.806. The SMILES string of the molecule is CC1(Cc2ccccc2C(N)=O)CCC1. The Labute approximate surface area is 90.5 Å². The molecule has 0 aromatic heterocycles. The summed E-state index contributed by atoms with van der Waals surface area (Å²) in [4.78, 5) is 11.2. The van der Waals surface area contributed by atoms with Crippen LogP contribution in [0.25, 0.3) is 0 Å². The predicted octanol–water partition coefficient (Wildman–Crippen LogP) is 2.52. The second-order valence-corrected chi connectivity index (χ2v) is 4.86. The maximum absolute atomic E-state index is 11.2. The minimum atomic E-state index is -0.312. The van der Waals surface area contributed by atoms with Crippen LogP contribution in [-0.4, -0.2) is 5.91 Å². The molecule has 0 atom stereocenters. The lowest BCUT2D eigenvalue weighted by atomic mass is 9.66. The minimum absolute atomic E-state index is 0.312. The number of hydrogen-bond donors (Lipinski definition) is 1. The van der Waals surface area contributed by atoms with Gasteiger partial charge in [-0.2, -0.15) is 0 Å². The summed E-state index contributed by atoms with van der Waals surface area (Å²) in [5.74, 6) is -0.312. The van der Waals surface area contributed by atoms with Crippen molar-refractivity contribution in [1.29, 1.82) is 0 Å². The highest BCUT2D eigenvalue weighted by Crippen LogP contribution is 2.43. The fraction of sp³-hybridized carbons (Fsp3) is 0.462. The van der Waals surface area contributed by atoms with E-state index in [1.807, 2.05) is 24.3 Å². The van der Waals surface area contributed by atoms with Crippen LogP contribution in [-0.2, 0) is 6.42 Å². The summed E-state index contributed by atoms with van der Waals surface area (Å²) in [7, 11) is 0. The third-order valence-electron chi connectivity index (χ3n) is 3.46. The molecular formula is C13H17NO. The Hall–Kier alpha value is -1.31. The molecule has 0 unspecified atom stereocenters. The molecule has 2 N–H and O–H groups in total. The molecule has 2 rings (SSSR count). The van der Waals surface area contributed by atoms with Gasteiger partial charge in [-0.3, -0.25) is 4.79 Å². The van der Waals surface area contributed by atoms with E-state index in [1.165, 1.54) is 19.3 Å². The van der Waals surface area contributed by atoms with Crippen molar-refractivity contribution in [1.82, 2.24) is 0 Å². The zero-order valence-corrected chi connectivity index (χ0v) is 9.12. The molecule has 80 valence electrons. The second kappa shape index (κ2) is 3.69. The van der Waals surface area contributed by atoms with Crippen molar-refractivity contribution in [2.24, 2.45) is 11.1 Å². The summed E-state index contributed by atoms with van der Waals surface area (Å²) in [6.45, 7) is 2.29. The van der Waals surface area contributed by atoms with Gasteiger partial charge in [0, 0.05) is 5.56 Å². The average Bonchev–Trinajstić information content (AvgIpc) is 2.16. The molecule has 1 saturated carbocycles. The van der Waals surface area contributed by atoms with Crippen molar-refractivity contribution >= 4 is 5.91 Å². The number of benzene rings is 1. The second-order valence-electron chi connectivity index (χ2n) is 4.86. The maximum Gasteiger partial charge on any atom is 0.248 e. The largest absolute Gasteiger partial charge is 0.366 e. The zero-order chi connectivity index (χ0) is 10.9. The zero-order valence-electron chi connectivity index (χ0n) is 9.12. The molecule has 1 aromatic carbocycles. The van der Waals surface area contributed by atoms with E-state index in [0.29, 0.717) is 11.0 Å². The fourth-order valence-corrected chi connectivity index (χ4v) is 2.33. The van der Waals surface area contributed by atoms with E-state index in [2.05, 4.69) is 6.92 Å². The number of hydrogen-bond acceptors (Lipinski definition) is 1. The van der Waals surface area contributed by atoms with Crippen LogP contribution < -0.4 is 5.73 Å². The summed E-state index contributed by atoms with van der Waals surface area (Å²) in [6, 6.07) is 7.68. The lowest BCUT2D eigenvalue weighted by molar-refractivity contribution is 0.0997. The smallest absolute Gasteiger partial charge is 0.248 e. The lowest BCUT2D eigenvalue weighted by Gasteiger charge is -2.38. The van der Waals surface area contributed by atoms with Gasteiger partial charge in [0.05, 0.1) is 0 Å². The molecule has 1 amide bonds. The third-order valence-corrected chi connectivity index (χ3v) is 3.46. The standard InChI is InChI=1S/C13H17NO/c1-13(7-4-8-13)9-10-5-2-3-6-11(10)12(14)15/h2-3,5-6H,4,7-9H2,1H3,(H2,14,15). The number of carbonyl (C=O) groups excluding carboxylic acids is 1. The first kappa shape index (κ1) is 10.2. The molecule has 1 fully saturated rings. The van der Waals surface area contributed by atoms with E-state index in [1.54, 1.807) is 0 Å². The van der Waals surface area contributed by atoms with Crippen molar-refractivity contribution in [3.05, 3.63) is 35.4 Å². The van der Waals surface area contributed by atoms with E-state index in [4.69, 9.17) is 5.73 Å². The summed E-state index contributed by atoms with van der Waals surface area (Å²) >= 11 is 0. The Morgan fingerprint density at radius 1 is 1.40 bits per heavy atom. The van der Waals surface area contributed by atoms with Gasteiger partial charge < -0.3 is 5.73 Å². The van der Waals surface area contributed by atoms with E-state index >= 15 is 0 Å². The molecule has 0 radical (unpaired) electrons. The summed E-state index contributed by atoms with van der Waals surface area (Å²) in [5, 5.41) is 0. The van der Waals surface area contributed by atoms with Crippen LogP contribution in [0.2, 0.25) is 0 Å². The molecule has 0 bridgehead atoms. The van der Waals surface area contributed by atoms with Crippen molar-refractivity contribution in [2.45, 2.75) is 32.6 Å². The van der Waals surface area contributed by atoms with Crippen molar-refractivity contribution < 1.29 is 4.79 Å². The monoisotopic (exact) mass is 203 g/mol. The number of nitrogens with two attached hydrogens (primary N) is 1. The maximum atomic E-state index is 11.2. The van der Waals surface area contributed by atoms with Crippen LogP contribution in [0.4, 0.5) is 0 Å². The molecule has 0 spiro atoms. The number of rotatable bonds is 3. The molecule has 15 heavy (non-hydrogen) atoms. The molecule has 0 heterocycles. The Morgan fingerprint density at radius 2 is 2.07 bits per heavy atom. The first-order chi connectivity index (χ1) is 7.11. The highest BCUT2D eigenvalue weighted by atomic mass is 16.1. The molecule has 2 nitrogen and oxygen atoms in total. The number of carbonyl (C=O) groups is 1. The summed E-state index contributed by atoms with van der Waals surface area (Å²) in [6.07, 6.45) is 4.82. The Morgan fingerprint density at radius 3 is 2.60 bits per heavy atom. The summed E-state index contributed by atoms with van der Waals surface area (Å²) < 4.78 is 0. The van der Waals surface area contributed by atoms with E-state index in [0.717, 1.165) is 12.0 Å². The molecule has 0 aliphatic heterocycles. The summed E-state index contributed by atoms with van der Waals surface area (Å²) in [5.41, 5.74) is 7.54.